The third-order valence-electron chi connectivity index (χ3n) is 2.88. The van der Waals surface area contributed by atoms with Gasteiger partial charge in [0.25, 0.3) is 5.69 Å². The highest BCUT2D eigenvalue weighted by atomic mass is 32.2. The lowest BCUT2D eigenvalue weighted by Crippen LogP contribution is -2.08. The summed E-state index contributed by atoms with van der Waals surface area (Å²) in [5.74, 6) is -0.126. The highest BCUT2D eigenvalue weighted by Crippen LogP contribution is 2.27. The molecule has 0 fully saturated rings. The van der Waals surface area contributed by atoms with Gasteiger partial charge in [0.2, 0.25) is 5.91 Å². The summed E-state index contributed by atoms with van der Waals surface area (Å²) < 4.78 is 12.3. The number of nitrogens with one attached hydrogen (secondary N) is 1. The molecule has 0 heterocycles. The molecule has 0 aliphatic heterocycles. The fourth-order valence-electron chi connectivity index (χ4n) is 1.91. The number of benzene rings is 2. The van der Waals surface area contributed by atoms with Crippen LogP contribution in [0.4, 0.5) is 11.4 Å². The van der Waals surface area contributed by atoms with Crippen molar-refractivity contribution in [2.45, 2.75) is 17.6 Å². The van der Waals surface area contributed by atoms with Gasteiger partial charge < -0.3 is 5.32 Å². The lowest BCUT2D eigenvalue weighted by molar-refractivity contribution is -0.384. The van der Waals surface area contributed by atoms with Crippen molar-refractivity contribution in [1.29, 1.82) is 0 Å². The van der Waals surface area contributed by atoms with Gasteiger partial charge >= 0.3 is 0 Å². The van der Waals surface area contributed by atoms with Crippen molar-refractivity contribution < 1.29 is 13.9 Å². The fourth-order valence-corrected chi connectivity index (χ4v) is 3.03. The predicted molar refractivity (Wildman–Crippen MR) is 84.0 cm³/mol. The van der Waals surface area contributed by atoms with Crippen LogP contribution in [0.3, 0.4) is 0 Å². The molecule has 1 N–H and O–H groups in total. The Kier molecular flexibility index (Phi) is 5.00. The number of anilines is 1. The quantitative estimate of drug-likeness (QED) is 0.678. The molecule has 0 saturated heterocycles. The maximum Gasteiger partial charge on any atom is 0.293 e. The Balaban J connectivity index is 2.28. The summed E-state index contributed by atoms with van der Waals surface area (Å²) in [6.45, 7) is 1.27. The average Bonchev–Trinajstić information content (AvgIpc) is 2.47. The van der Waals surface area contributed by atoms with Gasteiger partial charge in [0.05, 0.1) is 21.5 Å². The van der Waals surface area contributed by atoms with E-state index in [2.05, 4.69) is 5.32 Å². The molecule has 114 valence electrons. The van der Waals surface area contributed by atoms with Crippen molar-refractivity contribution in [2.75, 3.05) is 5.32 Å². The molecule has 1 amide bonds. The molecule has 22 heavy (non-hydrogen) atoms. The average molecular weight is 318 g/mol. The second-order valence-corrected chi connectivity index (χ2v) is 6.04. The molecule has 7 heteroatoms. The number of hydrogen-bond donors (Lipinski definition) is 1. The molecule has 0 aliphatic rings. The molecule has 0 aromatic heterocycles. The monoisotopic (exact) mass is 318 g/mol. The Labute approximate surface area is 129 Å². The third kappa shape index (κ3) is 3.98. The first-order valence-corrected chi connectivity index (χ1v) is 7.77. The Morgan fingerprint density at radius 1 is 1.23 bits per heavy atom. The first-order chi connectivity index (χ1) is 10.5. The molecule has 2 rings (SSSR count). The first-order valence-electron chi connectivity index (χ1n) is 6.45. The Bertz CT molecular complexity index is 732. The molecular formula is C15H14N2O4S. The van der Waals surface area contributed by atoms with E-state index in [-0.39, 0.29) is 17.1 Å². The van der Waals surface area contributed by atoms with Gasteiger partial charge in [0.1, 0.15) is 5.69 Å². The van der Waals surface area contributed by atoms with Gasteiger partial charge in [-0.2, -0.15) is 0 Å². The van der Waals surface area contributed by atoms with Gasteiger partial charge in [-0.3, -0.25) is 19.1 Å². The van der Waals surface area contributed by atoms with Crippen LogP contribution >= 0.6 is 0 Å². The lowest BCUT2D eigenvalue weighted by Gasteiger charge is -2.06. The topological polar surface area (TPSA) is 89.3 Å². The molecular weight excluding hydrogens is 304 g/mol. The number of nitro benzene ring substituents is 1. The van der Waals surface area contributed by atoms with E-state index in [1.807, 2.05) is 30.3 Å². The first kappa shape index (κ1) is 15.8. The van der Waals surface area contributed by atoms with Crippen LogP contribution in [0.25, 0.3) is 0 Å². The second-order valence-electron chi connectivity index (χ2n) is 4.59. The number of nitro groups is 1. The molecule has 1 unspecified atom stereocenters. The minimum Gasteiger partial charge on any atom is -0.321 e. The van der Waals surface area contributed by atoms with Gasteiger partial charge in [-0.25, -0.2) is 0 Å². The van der Waals surface area contributed by atoms with Crippen molar-refractivity contribution in [3.05, 3.63) is 64.2 Å². The SMILES string of the molecule is CC(=O)Nc1ccc(S(=O)Cc2ccccc2)cc1[N+](=O)[O-]. The molecule has 6 nitrogen and oxygen atoms in total. The van der Waals surface area contributed by atoms with Gasteiger partial charge in [0, 0.05) is 17.9 Å². The summed E-state index contributed by atoms with van der Waals surface area (Å²) in [5, 5.41) is 13.5. The van der Waals surface area contributed by atoms with Gasteiger partial charge in [-0.05, 0) is 17.7 Å². The number of carbonyl (C=O) groups is 1. The maximum absolute atomic E-state index is 12.3. The van der Waals surface area contributed by atoms with Crippen LogP contribution in [0.15, 0.2) is 53.4 Å². The van der Waals surface area contributed by atoms with Crippen LogP contribution in [-0.2, 0) is 21.3 Å². The van der Waals surface area contributed by atoms with Crippen molar-refractivity contribution in [3.8, 4) is 0 Å². The number of hydrogen-bond acceptors (Lipinski definition) is 4. The third-order valence-corrected chi connectivity index (χ3v) is 4.26. The second kappa shape index (κ2) is 6.95. The smallest absolute Gasteiger partial charge is 0.293 e. The Morgan fingerprint density at radius 3 is 2.50 bits per heavy atom. The van der Waals surface area contributed by atoms with Crippen molar-refractivity contribution >= 4 is 28.1 Å². The van der Waals surface area contributed by atoms with Crippen molar-refractivity contribution in [3.63, 3.8) is 0 Å². The highest BCUT2D eigenvalue weighted by molar-refractivity contribution is 7.84. The van der Waals surface area contributed by atoms with E-state index < -0.39 is 21.6 Å². The molecule has 2 aromatic carbocycles. The highest BCUT2D eigenvalue weighted by Gasteiger charge is 2.18. The van der Waals surface area contributed by atoms with Gasteiger partial charge in [0.15, 0.2) is 0 Å². The normalized spacial score (nSPS) is 11.7. The van der Waals surface area contributed by atoms with E-state index in [0.29, 0.717) is 4.90 Å². The largest absolute Gasteiger partial charge is 0.321 e. The van der Waals surface area contributed by atoms with Crippen LogP contribution in [-0.4, -0.2) is 15.0 Å². The van der Waals surface area contributed by atoms with Crippen LogP contribution in [0.5, 0.6) is 0 Å². The number of amides is 1. The summed E-state index contributed by atoms with van der Waals surface area (Å²) in [6.07, 6.45) is 0. The summed E-state index contributed by atoms with van der Waals surface area (Å²) in [5.41, 5.74) is 0.710. The Hall–Kier alpha value is -2.54. The van der Waals surface area contributed by atoms with Crippen molar-refractivity contribution in [2.24, 2.45) is 0 Å². The predicted octanol–water partition coefficient (Wildman–Crippen LogP) is 2.86. The number of carbonyl (C=O) groups excluding carboxylic acids is 1. The summed E-state index contributed by atoms with van der Waals surface area (Å²) >= 11 is 0. The van der Waals surface area contributed by atoms with Crippen molar-refractivity contribution in [1.82, 2.24) is 0 Å². The van der Waals surface area contributed by atoms with E-state index in [9.17, 15) is 19.1 Å². The summed E-state index contributed by atoms with van der Waals surface area (Å²) in [6, 6.07) is 13.4. The zero-order chi connectivity index (χ0) is 16.1. The lowest BCUT2D eigenvalue weighted by atomic mass is 10.2. The van der Waals surface area contributed by atoms with E-state index >= 15 is 0 Å². The van der Waals surface area contributed by atoms with Crippen LogP contribution in [0, 0.1) is 10.1 Å². The van der Waals surface area contributed by atoms with Crippen LogP contribution in [0.2, 0.25) is 0 Å². The summed E-state index contributed by atoms with van der Waals surface area (Å²) in [7, 11) is -1.40. The molecule has 0 aliphatic carbocycles. The van der Waals surface area contributed by atoms with E-state index in [4.69, 9.17) is 0 Å². The fraction of sp³-hybridized carbons (Fsp3) is 0.133. The molecule has 1 atom stereocenters. The van der Waals surface area contributed by atoms with Crippen LogP contribution in [0.1, 0.15) is 12.5 Å². The molecule has 0 radical (unpaired) electrons. The molecule has 0 bridgehead atoms. The molecule has 0 saturated carbocycles. The minimum absolute atomic E-state index is 0.0953. The van der Waals surface area contributed by atoms with Crippen LogP contribution < -0.4 is 5.32 Å². The number of rotatable bonds is 5. The van der Waals surface area contributed by atoms with Gasteiger partial charge in [-0.1, -0.05) is 30.3 Å². The van der Waals surface area contributed by atoms with E-state index in [1.54, 1.807) is 0 Å². The number of nitrogens with zero attached hydrogens (tertiary/aromatic N) is 1. The molecule has 0 spiro atoms. The standard InChI is InChI=1S/C15H14N2O4S/c1-11(18)16-14-8-7-13(9-15(14)17(19)20)22(21)10-12-5-3-2-4-6-12/h2-9H,10H2,1H3,(H,16,18). The molecule has 2 aromatic rings. The maximum atomic E-state index is 12.3. The summed E-state index contributed by atoms with van der Waals surface area (Å²) in [4.78, 5) is 21.9. The zero-order valence-electron chi connectivity index (χ0n) is 11.8. The Morgan fingerprint density at radius 2 is 1.91 bits per heavy atom. The van der Waals surface area contributed by atoms with E-state index in [0.717, 1.165) is 5.56 Å². The van der Waals surface area contributed by atoms with E-state index in [1.165, 1.54) is 25.1 Å². The zero-order valence-corrected chi connectivity index (χ0v) is 12.6. The minimum atomic E-state index is -1.40. The van der Waals surface area contributed by atoms with Gasteiger partial charge in [-0.15, -0.1) is 0 Å².